The van der Waals surface area contributed by atoms with Crippen molar-refractivity contribution in [3.05, 3.63) is 47.9 Å². The highest BCUT2D eigenvalue weighted by Gasteiger charge is 2.22. The first-order chi connectivity index (χ1) is 11.2. The molecule has 6 nitrogen and oxygen atoms in total. The molecule has 122 valence electrons. The van der Waals surface area contributed by atoms with Gasteiger partial charge in [-0.25, -0.2) is 4.79 Å². The molecule has 1 saturated heterocycles. The number of carbonyl (C=O) groups is 1. The van der Waals surface area contributed by atoms with Crippen molar-refractivity contribution in [2.45, 2.75) is 6.54 Å². The van der Waals surface area contributed by atoms with E-state index in [1.807, 2.05) is 18.2 Å². The molecule has 1 fully saturated rings. The maximum Gasteiger partial charge on any atom is 0.341 e. The number of phenolic OH excluding ortho intramolecular Hbond substituents is 1. The molecule has 1 N–H and O–H groups in total. The number of phenols is 1. The highest BCUT2D eigenvalue weighted by atomic mass is 16.5. The van der Waals surface area contributed by atoms with Gasteiger partial charge in [0.25, 0.3) is 0 Å². The molecule has 1 aliphatic heterocycles. The van der Waals surface area contributed by atoms with Gasteiger partial charge in [-0.15, -0.1) is 0 Å². The predicted octanol–water partition coefficient (Wildman–Crippen LogP) is 2.09. The summed E-state index contributed by atoms with van der Waals surface area (Å²) >= 11 is 0. The molecule has 0 saturated carbocycles. The van der Waals surface area contributed by atoms with Crippen molar-refractivity contribution >= 4 is 11.7 Å². The van der Waals surface area contributed by atoms with E-state index in [-0.39, 0.29) is 5.97 Å². The van der Waals surface area contributed by atoms with Gasteiger partial charge < -0.3 is 19.2 Å². The van der Waals surface area contributed by atoms with E-state index in [0.717, 1.165) is 31.9 Å². The van der Waals surface area contributed by atoms with Gasteiger partial charge in [-0.05, 0) is 18.2 Å². The summed E-state index contributed by atoms with van der Waals surface area (Å²) in [5.41, 5.74) is 1.34. The Hall–Kier alpha value is -2.47. The maximum absolute atomic E-state index is 11.7. The van der Waals surface area contributed by atoms with Gasteiger partial charge in [0, 0.05) is 26.2 Å². The number of hydrogen-bond donors (Lipinski definition) is 1. The Morgan fingerprint density at radius 1 is 1.22 bits per heavy atom. The Labute approximate surface area is 134 Å². The number of anilines is 1. The van der Waals surface area contributed by atoms with Gasteiger partial charge in [0.15, 0.2) is 0 Å². The second-order valence-corrected chi connectivity index (χ2v) is 5.50. The first-order valence-corrected chi connectivity index (χ1v) is 7.59. The van der Waals surface area contributed by atoms with Crippen LogP contribution in [0.5, 0.6) is 5.75 Å². The van der Waals surface area contributed by atoms with Crippen molar-refractivity contribution in [3.8, 4) is 5.75 Å². The average Bonchev–Trinajstić information content (AvgIpc) is 3.03. The lowest BCUT2D eigenvalue weighted by atomic mass is 10.2. The van der Waals surface area contributed by atoms with Crippen LogP contribution in [0, 0.1) is 0 Å². The van der Waals surface area contributed by atoms with Gasteiger partial charge in [-0.1, -0.05) is 12.1 Å². The Bertz CT molecular complexity index is 675. The van der Waals surface area contributed by atoms with Crippen LogP contribution in [-0.2, 0) is 11.3 Å². The third-order valence-electron chi connectivity index (χ3n) is 4.11. The standard InChI is InChI=1S/C17H20N2O4/c1-22-17(21)13-6-11-23-16(13)12-18-7-9-19(10-8-18)14-4-2-3-5-15(14)20/h2-6,11,20H,7-10,12H2,1H3. The zero-order chi connectivity index (χ0) is 16.2. The number of carbonyl (C=O) groups excluding carboxylic acids is 1. The van der Waals surface area contributed by atoms with Gasteiger partial charge in [-0.2, -0.15) is 0 Å². The van der Waals surface area contributed by atoms with Crippen LogP contribution in [0.3, 0.4) is 0 Å². The van der Waals surface area contributed by atoms with E-state index in [1.54, 1.807) is 12.1 Å². The summed E-state index contributed by atoms with van der Waals surface area (Å²) in [5, 5.41) is 9.94. The lowest BCUT2D eigenvalue weighted by Crippen LogP contribution is -2.46. The number of nitrogens with zero attached hydrogens (tertiary/aromatic N) is 2. The minimum absolute atomic E-state index is 0.306. The zero-order valence-corrected chi connectivity index (χ0v) is 13.1. The number of rotatable bonds is 4. The monoisotopic (exact) mass is 316 g/mol. The van der Waals surface area contributed by atoms with E-state index in [2.05, 4.69) is 9.80 Å². The summed E-state index contributed by atoms with van der Waals surface area (Å²) in [5.74, 6) is 0.564. The highest BCUT2D eigenvalue weighted by Crippen LogP contribution is 2.27. The zero-order valence-electron chi connectivity index (χ0n) is 13.1. The van der Waals surface area contributed by atoms with Crippen LogP contribution < -0.4 is 4.90 Å². The number of esters is 1. The van der Waals surface area contributed by atoms with E-state index in [1.165, 1.54) is 13.4 Å². The lowest BCUT2D eigenvalue weighted by Gasteiger charge is -2.36. The topological polar surface area (TPSA) is 66.2 Å². The van der Waals surface area contributed by atoms with Gasteiger partial charge in [0.2, 0.25) is 0 Å². The number of ether oxygens (including phenoxy) is 1. The number of hydrogen-bond acceptors (Lipinski definition) is 6. The molecule has 0 bridgehead atoms. The maximum atomic E-state index is 11.7. The summed E-state index contributed by atoms with van der Waals surface area (Å²) in [6.07, 6.45) is 1.51. The largest absolute Gasteiger partial charge is 0.506 e. The van der Waals surface area contributed by atoms with Crippen LogP contribution in [0.15, 0.2) is 41.0 Å². The lowest BCUT2D eigenvalue weighted by molar-refractivity contribution is 0.0596. The van der Waals surface area contributed by atoms with Crippen molar-refractivity contribution in [1.29, 1.82) is 0 Å². The molecule has 23 heavy (non-hydrogen) atoms. The van der Waals surface area contributed by atoms with E-state index >= 15 is 0 Å². The highest BCUT2D eigenvalue weighted by molar-refractivity contribution is 5.90. The molecule has 0 unspecified atom stereocenters. The van der Waals surface area contributed by atoms with Gasteiger partial charge >= 0.3 is 5.97 Å². The Morgan fingerprint density at radius 3 is 2.65 bits per heavy atom. The van der Waals surface area contributed by atoms with Crippen LogP contribution in [0.25, 0.3) is 0 Å². The molecule has 1 aliphatic rings. The smallest absolute Gasteiger partial charge is 0.341 e. The van der Waals surface area contributed by atoms with Crippen molar-refractivity contribution in [2.75, 3.05) is 38.2 Å². The Morgan fingerprint density at radius 2 is 1.96 bits per heavy atom. The van der Waals surface area contributed by atoms with Gasteiger partial charge in [-0.3, -0.25) is 4.90 Å². The summed E-state index contributed by atoms with van der Waals surface area (Å²) in [7, 11) is 1.37. The van der Waals surface area contributed by atoms with E-state index in [9.17, 15) is 9.90 Å². The fourth-order valence-corrected chi connectivity index (χ4v) is 2.84. The number of benzene rings is 1. The quantitative estimate of drug-likeness (QED) is 0.871. The third-order valence-corrected chi connectivity index (χ3v) is 4.11. The van der Waals surface area contributed by atoms with E-state index in [0.29, 0.717) is 23.6 Å². The molecule has 0 atom stereocenters. The second kappa shape index (κ2) is 6.75. The summed E-state index contributed by atoms with van der Waals surface area (Å²) in [6.45, 7) is 3.86. The Balaban J connectivity index is 1.61. The van der Waals surface area contributed by atoms with Crippen LogP contribution in [0.2, 0.25) is 0 Å². The molecule has 1 aromatic carbocycles. The predicted molar refractivity (Wildman–Crippen MR) is 85.6 cm³/mol. The fourth-order valence-electron chi connectivity index (χ4n) is 2.84. The van der Waals surface area contributed by atoms with Crippen LogP contribution in [-0.4, -0.2) is 49.3 Å². The van der Waals surface area contributed by atoms with Crippen LogP contribution in [0.1, 0.15) is 16.1 Å². The molecule has 3 rings (SSSR count). The first kappa shape index (κ1) is 15.4. The molecule has 2 aromatic rings. The van der Waals surface area contributed by atoms with E-state index in [4.69, 9.17) is 9.15 Å². The molecular formula is C17H20N2O4. The normalized spacial score (nSPS) is 15.6. The molecule has 2 heterocycles. The third kappa shape index (κ3) is 3.32. The molecule has 0 spiro atoms. The van der Waals surface area contributed by atoms with Crippen molar-refractivity contribution in [2.24, 2.45) is 0 Å². The number of aromatic hydroxyl groups is 1. The molecular weight excluding hydrogens is 296 g/mol. The molecule has 0 radical (unpaired) electrons. The minimum Gasteiger partial charge on any atom is -0.506 e. The SMILES string of the molecule is COC(=O)c1ccoc1CN1CCN(c2ccccc2O)CC1. The van der Waals surface area contributed by atoms with E-state index < -0.39 is 0 Å². The van der Waals surface area contributed by atoms with Crippen molar-refractivity contribution < 1.29 is 19.1 Å². The first-order valence-electron chi connectivity index (χ1n) is 7.59. The molecule has 0 amide bonds. The van der Waals surface area contributed by atoms with Crippen LogP contribution >= 0.6 is 0 Å². The molecule has 6 heteroatoms. The van der Waals surface area contributed by atoms with Gasteiger partial charge in [0.05, 0.1) is 25.6 Å². The number of para-hydroxylation sites is 2. The second-order valence-electron chi connectivity index (χ2n) is 5.50. The summed E-state index contributed by atoms with van der Waals surface area (Å²) in [4.78, 5) is 16.1. The van der Waals surface area contributed by atoms with Crippen LogP contribution in [0.4, 0.5) is 5.69 Å². The summed E-state index contributed by atoms with van der Waals surface area (Å²) in [6, 6.07) is 9.01. The number of methoxy groups -OCH3 is 1. The number of piperazine rings is 1. The molecule has 1 aromatic heterocycles. The average molecular weight is 316 g/mol. The van der Waals surface area contributed by atoms with Gasteiger partial charge in [0.1, 0.15) is 17.1 Å². The molecule has 0 aliphatic carbocycles. The van der Waals surface area contributed by atoms with Crippen molar-refractivity contribution in [1.82, 2.24) is 4.90 Å². The summed E-state index contributed by atoms with van der Waals surface area (Å²) < 4.78 is 10.2. The minimum atomic E-state index is -0.374. The van der Waals surface area contributed by atoms with Crippen molar-refractivity contribution in [3.63, 3.8) is 0 Å². The Kier molecular flexibility index (Phi) is 4.52. The fraction of sp³-hybridized carbons (Fsp3) is 0.353. The number of furan rings is 1.